The molecule has 116 valence electrons. The van der Waals surface area contributed by atoms with Gasteiger partial charge in [0, 0.05) is 5.56 Å². The SMILES string of the molecule is CC[C@@H](COc1cccc(C)c1)NC(=O)c1ccc(F)cc1. The quantitative estimate of drug-likeness (QED) is 0.883. The number of carbonyl (C=O) groups is 1. The van der Waals surface area contributed by atoms with Crippen LogP contribution >= 0.6 is 0 Å². The molecule has 0 aliphatic carbocycles. The molecule has 0 heterocycles. The molecule has 1 atom stereocenters. The molecule has 1 N–H and O–H groups in total. The van der Waals surface area contributed by atoms with Gasteiger partial charge in [0.25, 0.3) is 5.91 Å². The van der Waals surface area contributed by atoms with Crippen LogP contribution < -0.4 is 10.1 Å². The summed E-state index contributed by atoms with van der Waals surface area (Å²) in [6, 6.07) is 13.2. The lowest BCUT2D eigenvalue weighted by atomic mass is 10.1. The Morgan fingerprint density at radius 1 is 1.23 bits per heavy atom. The number of halogens is 1. The summed E-state index contributed by atoms with van der Waals surface area (Å²) in [6.45, 7) is 4.38. The zero-order valence-corrected chi connectivity index (χ0v) is 12.8. The lowest BCUT2D eigenvalue weighted by molar-refractivity contribution is 0.0920. The van der Waals surface area contributed by atoms with E-state index in [2.05, 4.69) is 5.32 Å². The maximum atomic E-state index is 12.9. The van der Waals surface area contributed by atoms with Crippen molar-refractivity contribution in [1.29, 1.82) is 0 Å². The summed E-state index contributed by atoms with van der Waals surface area (Å²) >= 11 is 0. The van der Waals surface area contributed by atoms with Crippen molar-refractivity contribution in [2.24, 2.45) is 0 Å². The van der Waals surface area contributed by atoms with E-state index in [9.17, 15) is 9.18 Å². The molecule has 0 unspecified atom stereocenters. The number of amides is 1. The highest BCUT2D eigenvalue weighted by Gasteiger charge is 2.13. The first kappa shape index (κ1) is 16.0. The van der Waals surface area contributed by atoms with Gasteiger partial charge in [0.2, 0.25) is 0 Å². The third-order valence-electron chi connectivity index (χ3n) is 3.38. The van der Waals surface area contributed by atoms with E-state index in [4.69, 9.17) is 4.74 Å². The second kappa shape index (κ2) is 7.59. The van der Waals surface area contributed by atoms with Crippen LogP contribution in [0, 0.1) is 12.7 Å². The Bertz CT molecular complexity index is 625. The molecule has 0 bridgehead atoms. The predicted octanol–water partition coefficient (Wildman–Crippen LogP) is 3.72. The van der Waals surface area contributed by atoms with Crippen molar-refractivity contribution in [3.63, 3.8) is 0 Å². The Morgan fingerprint density at radius 2 is 1.95 bits per heavy atom. The Balaban J connectivity index is 1.91. The number of carbonyl (C=O) groups excluding carboxylic acids is 1. The van der Waals surface area contributed by atoms with Crippen molar-refractivity contribution >= 4 is 5.91 Å². The number of ether oxygens (including phenoxy) is 1. The minimum atomic E-state index is -0.355. The molecule has 22 heavy (non-hydrogen) atoms. The number of rotatable bonds is 6. The summed E-state index contributed by atoms with van der Waals surface area (Å²) in [5.41, 5.74) is 1.57. The molecular weight excluding hydrogens is 281 g/mol. The van der Waals surface area contributed by atoms with Gasteiger partial charge in [-0.1, -0.05) is 19.1 Å². The molecule has 0 aliphatic heterocycles. The Labute approximate surface area is 130 Å². The molecule has 1 amide bonds. The van der Waals surface area contributed by atoms with Crippen LogP contribution in [0.15, 0.2) is 48.5 Å². The zero-order valence-electron chi connectivity index (χ0n) is 12.8. The van der Waals surface area contributed by atoms with Crippen LogP contribution in [0.3, 0.4) is 0 Å². The van der Waals surface area contributed by atoms with Gasteiger partial charge in [0.1, 0.15) is 18.2 Å². The molecule has 2 rings (SSSR count). The normalized spacial score (nSPS) is 11.8. The maximum Gasteiger partial charge on any atom is 0.251 e. The third kappa shape index (κ3) is 4.58. The number of aryl methyl sites for hydroxylation is 1. The second-order valence-corrected chi connectivity index (χ2v) is 5.21. The van der Waals surface area contributed by atoms with Gasteiger partial charge in [-0.3, -0.25) is 4.79 Å². The number of benzene rings is 2. The molecule has 0 aliphatic rings. The van der Waals surface area contributed by atoms with E-state index in [1.807, 2.05) is 38.1 Å². The molecule has 2 aromatic rings. The van der Waals surface area contributed by atoms with Gasteiger partial charge >= 0.3 is 0 Å². The van der Waals surface area contributed by atoms with E-state index in [0.717, 1.165) is 17.7 Å². The summed E-state index contributed by atoms with van der Waals surface area (Å²) < 4.78 is 18.6. The van der Waals surface area contributed by atoms with Crippen molar-refractivity contribution in [1.82, 2.24) is 5.32 Å². The summed E-state index contributed by atoms with van der Waals surface area (Å²) in [5.74, 6) is 0.209. The molecule has 0 spiro atoms. The molecule has 0 fully saturated rings. The van der Waals surface area contributed by atoms with Gasteiger partial charge in [-0.05, 0) is 55.3 Å². The van der Waals surface area contributed by atoms with E-state index in [0.29, 0.717) is 12.2 Å². The number of hydrogen-bond donors (Lipinski definition) is 1. The van der Waals surface area contributed by atoms with Gasteiger partial charge in [0.15, 0.2) is 0 Å². The van der Waals surface area contributed by atoms with Gasteiger partial charge in [0.05, 0.1) is 6.04 Å². The molecule has 0 saturated carbocycles. The summed E-state index contributed by atoms with van der Waals surface area (Å²) in [7, 11) is 0. The van der Waals surface area contributed by atoms with Gasteiger partial charge < -0.3 is 10.1 Å². The first-order valence-electron chi connectivity index (χ1n) is 7.34. The van der Waals surface area contributed by atoms with Crippen molar-refractivity contribution in [3.05, 3.63) is 65.5 Å². The fourth-order valence-electron chi connectivity index (χ4n) is 2.03. The minimum Gasteiger partial charge on any atom is -0.491 e. The third-order valence-corrected chi connectivity index (χ3v) is 3.38. The van der Waals surface area contributed by atoms with Crippen molar-refractivity contribution in [2.75, 3.05) is 6.61 Å². The van der Waals surface area contributed by atoms with E-state index in [1.54, 1.807) is 0 Å². The first-order valence-corrected chi connectivity index (χ1v) is 7.34. The molecule has 2 aromatic carbocycles. The monoisotopic (exact) mass is 301 g/mol. The Morgan fingerprint density at radius 3 is 2.59 bits per heavy atom. The Kier molecular flexibility index (Phi) is 5.53. The molecule has 0 radical (unpaired) electrons. The van der Waals surface area contributed by atoms with E-state index < -0.39 is 0 Å². The first-order chi connectivity index (χ1) is 10.6. The van der Waals surface area contributed by atoms with Gasteiger partial charge in [-0.2, -0.15) is 0 Å². The highest BCUT2D eigenvalue weighted by atomic mass is 19.1. The van der Waals surface area contributed by atoms with Crippen molar-refractivity contribution < 1.29 is 13.9 Å². The topological polar surface area (TPSA) is 38.3 Å². The maximum absolute atomic E-state index is 12.9. The highest BCUT2D eigenvalue weighted by molar-refractivity contribution is 5.94. The lowest BCUT2D eigenvalue weighted by Crippen LogP contribution is -2.38. The fraction of sp³-hybridized carbons (Fsp3) is 0.278. The van der Waals surface area contributed by atoms with E-state index in [1.165, 1.54) is 24.3 Å². The summed E-state index contributed by atoms with van der Waals surface area (Å²) in [5, 5.41) is 2.90. The molecule has 0 aromatic heterocycles. The van der Waals surface area contributed by atoms with E-state index in [-0.39, 0.29) is 17.8 Å². The molecular formula is C18H20FNO2. The van der Waals surface area contributed by atoms with Crippen molar-refractivity contribution in [3.8, 4) is 5.75 Å². The van der Waals surface area contributed by atoms with Crippen LogP contribution in [-0.2, 0) is 0 Å². The largest absolute Gasteiger partial charge is 0.491 e. The van der Waals surface area contributed by atoms with Gasteiger partial charge in [-0.15, -0.1) is 0 Å². The van der Waals surface area contributed by atoms with Crippen LogP contribution in [0.25, 0.3) is 0 Å². The van der Waals surface area contributed by atoms with Crippen LogP contribution in [0.4, 0.5) is 4.39 Å². The lowest BCUT2D eigenvalue weighted by Gasteiger charge is -2.18. The van der Waals surface area contributed by atoms with Crippen LogP contribution in [0.5, 0.6) is 5.75 Å². The van der Waals surface area contributed by atoms with E-state index >= 15 is 0 Å². The van der Waals surface area contributed by atoms with Crippen LogP contribution in [0.1, 0.15) is 29.3 Å². The molecule has 4 heteroatoms. The van der Waals surface area contributed by atoms with Crippen molar-refractivity contribution in [2.45, 2.75) is 26.3 Å². The minimum absolute atomic E-state index is 0.0990. The van der Waals surface area contributed by atoms with Gasteiger partial charge in [-0.25, -0.2) is 4.39 Å². The highest BCUT2D eigenvalue weighted by Crippen LogP contribution is 2.13. The summed E-state index contributed by atoms with van der Waals surface area (Å²) in [6.07, 6.45) is 0.749. The smallest absolute Gasteiger partial charge is 0.251 e. The number of hydrogen-bond acceptors (Lipinski definition) is 2. The fourth-order valence-corrected chi connectivity index (χ4v) is 2.03. The Hall–Kier alpha value is -2.36. The van der Waals surface area contributed by atoms with Crippen LogP contribution in [-0.4, -0.2) is 18.6 Å². The molecule has 0 saturated heterocycles. The predicted molar refractivity (Wildman–Crippen MR) is 84.6 cm³/mol. The average Bonchev–Trinajstić information content (AvgIpc) is 2.52. The second-order valence-electron chi connectivity index (χ2n) is 5.21. The summed E-state index contributed by atoms with van der Waals surface area (Å²) in [4.78, 5) is 12.1. The standard InChI is InChI=1S/C18H20FNO2/c1-3-16(12-22-17-6-4-5-13(2)11-17)20-18(21)14-7-9-15(19)10-8-14/h4-11,16H,3,12H2,1-2H3,(H,20,21)/t16-/m0/s1. The van der Waals surface area contributed by atoms with Crippen LogP contribution in [0.2, 0.25) is 0 Å². The number of nitrogens with one attached hydrogen (secondary N) is 1. The zero-order chi connectivity index (χ0) is 15.9. The molecule has 3 nitrogen and oxygen atoms in total. The average molecular weight is 301 g/mol.